The number of aryl methyl sites for hydroxylation is 2. The Morgan fingerprint density at radius 2 is 2.00 bits per heavy atom. The summed E-state index contributed by atoms with van der Waals surface area (Å²) in [6, 6.07) is 6.93. The number of aromatic amines is 1. The van der Waals surface area contributed by atoms with Gasteiger partial charge in [-0.1, -0.05) is 39.0 Å². The summed E-state index contributed by atoms with van der Waals surface area (Å²) in [5.74, 6) is 0.534. The van der Waals surface area contributed by atoms with Crippen LogP contribution in [0, 0.1) is 0 Å². The smallest absolute Gasteiger partial charge is 0.0830 e. The lowest BCUT2D eigenvalue weighted by Crippen LogP contribution is -2.06. The van der Waals surface area contributed by atoms with Crippen LogP contribution in [0.2, 0.25) is 0 Å². The van der Waals surface area contributed by atoms with E-state index in [9.17, 15) is 0 Å². The van der Waals surface area contributed by atoms with Crippen LogP contribution in [-0.2, 0) is 19.3 Å². The molecule has 0 aliphatic rings. The second kappa shape index (κ2) is 6.50. The number of H-pyrrole nitrogens is 1. The van der Waals surface area contributed by atoms with Gasteiger partial charge in [0.05, 0.1) is 11.9 Å². The molecule has 1 aromatic carbocycles. The molecule has 1 aromatic heterocycles. The van der Waals surface area contributed by atoms with Gasteiger partial charge >= 0.3 is 0 Å². The molecule has 19 heavy (non-hydrogen) atoms. The highest BCUT2D eigenvalue weighted by Crippen LogP contribution is 2.28. The molecule has 1 N–H and O–H groups in total. The minimum Gasteiger partial charge on any atom is -0.198 e. The highest BCUT2D eigenvalue weighted by Gasteiger charge is 2.15. The van der Waals surface area contributed by atoms with Crippen molar-refractivity contribution in [2.45, 2.75) is 52.4 Å². The molecule has 2 rings (SSSR count). The summed E-state index contributed by atoms with van der Waals surface area (Å²) in [6.45, 7) is 6.69. The van der Waals surface area contributed by atoms with Crippen molar-refractivity contribution in [3.05, 3.63) is 46.8 Å². The topological polar surface area (TPSA) is 41.6 Å². The molecule has 2 aromatic rings. The van der Waals surface area contributed by atoms with E-state index < -0.39 is 0 Å². The van der Waals surface area contributed by atoms with Crippen molar-refractivity contribution in [2.24, 2.45) is 0 Å². The third-order valence-corrected chi connectivity index (χ3v) is 3.85. The molecule has 0 aliphatic heterocycles. The Kier molecular flexibility index (Phi) is 4.72. The lowest BCUT2D eigenvalue weighted by Gasteiger charge is -2.19. The summed E-state index contributed by atoms with van der Waals surface area (Å²) in [5.41, 5.74) is 5.43. The van der Waals surface area contributed by atoms with Crippen LogP contribution in [0.15, 0.2) is 24.4 Å². The van der Waals surface area contributed by atoms with Crippen molar-refractivity contribution in [3.8, 4) is 0 Å². The first-order chi connectivity index (χ1) is 9.28. The van der Waals surface area contributed by atoms with Gasteiger partial charge in [-0.2, -0.15) is 15.4 Å². The Morgan fingerprint density at radius 1 is 1.16 bits per heavy atom. The minimum atomic E-state index is 0.534. The van der Waals surface area contributed by atoms with Gasteiger partial charge in [0, 0.05) is 0 Å². The van der Waals surface area contributed by atoms with Crippen LogP contribution in [0.25, 0.3) is 0 Å². The number of nitrogens with zero attached hydrogens (tertiary/aromatic N) is 2. The predicted octanol–water partition coefficient (Wildman–Crippen LogP) is 3.67. The number of hydrogen-bond acceptors (Lipinski definition) is 2. The van der Waals surface area contributed by atoms with E-state index in [4.69, 9.17) is 0 Å². The molecule has 3 nitrogen and oxygen atoms in total. The number of nitrogens with one attached hydrogen (secondary N) is 1. The minimum absolute atomic E-state index is 0.534. The zero-order valence-corrected chi connectivity index (χ0v) is 12.1. The average molecular weight is 257 g/mol. The van der Waals surface area contributed by atoms with E-state index in [2.05, 4.69) is 54.4 Å². The van der Waals surface area contributed by atoms with Crippen LogP contribution in [-0.4, -0.2) is 15.4 Å². The molecule has 0 saturated carbocycles. The van der Waals surface area contributed by atoms with Gasteiger partial charge < -0.3 is 0 Å². The Hall–Kier alpha value is -1.64. The number of rotatable bonds is 6. The zero-order chi connectivity index (χ0) is 13.7. The summed E-state index contributed by atoms with van der Waals surface area (Å²) in [7, 11) is 0. The van der Waals surface area contributed by atoms with Crippen molar-refractivity contribution in [3.63, 3.8) is 0 Å². The third-order valence-electron chi connectivity index (χ3n) is 3.85. The number of hydrogen-bond donors (Lipinski definition) is 1. The molecule has 1 atom stereocenters. The van der Waals surface area contributed by atoms with E-state index in [1.54, 1.807) is 0 Å². The van der Waals surface area contributed by atoms with Crippen molar-refractivity contribution in [1.29, 1.82) is 0 Å². The van der Waals surface area contributed by atoms with Crippen LogP contribution in [0.3, 0.4) is 0 Å². The molecule has 0 radical (unpaired) electrons. The predicted molar refractivity (Wildman–Crippen MR) is 78.3 cm³/mol. The highest BCUT2D eigenvalue weighted by atomic mass is 15.3. The molecule has 1 unspecified atom stereocenters. The third kappa shape index (κ3) is 3.22. The van der Waals surface area contributed by atoms with Crippen LogP contribution >= 0.6 is 0 Å². The van der Waals surface area contributed by atoms with E-state index >= 15 is 0 Å². The fraction of sp³-hybridized carbons (Fsp3) is 0.500. The monoisotopic (exact) mass is 257 g/mol. The van der Waals surface area contributed by atoms with Gasteiger partial charge in [0.1, 0.15) is 0 Å². The fourth-order valence-electron chi connectivity index (χ4n) is 2.62. The first kappa shape index (κ1) is 13.8. The standard InChI is InChI=1S/C16H23N3/c1-4-12-7-8-13(5-2)16(9-12)14(6-3)10-15-11-17-19-18-15/h7-9,11,14H,4-6,10H2,1-3H3,(H,17,18,19). The SMILES string of the molecule is CCc1ccc(CC)c(C(CC)Cc2cn[nH]n2)c1. The van der Waals surface area contributed by atoms with E-state index in [0.717, 1.165) is 31.4 Å². The molecule has 1 heterocycles. The second-order valence-electron chi connectivity index (χ2n) is 5.01. The summed E-state index contributed by atoms with van der Waals surface area (Å²) >= 11 is 0. The van der Waals surface area contributed by atoms with E-state index in [0.29, 0.717) is 5.92 Å². The first-order valence-corrected chi connectivity index (χ1v) is 7.24. The van der Waals surface area contributed by atoms with E-state index in [1.165, 1.54) is 16.7 Å². The van der Waals surface area contributed by atoms with Gasteiger partial charge in [0.15, 0.2) is 0 Å². The van der Waals surface area contributed by atoms with Crippen molar-refractivity contribution >= 4 is 0 Å². The molecule has 0 saturated heterocycles. The number of benzene rings is 1. The maximum Gasteiger partial charge on any atom is 0.0830 e. The maximum absolute atomic E-state index is 4.19. The number of aromatic nitrogens is 3. The van der Waals surface area contributed by atoms with Gasteiger partial charge in [-0.3, -0.25) is 0 Å². The van der Waals surface area contributed by atoms with Crippen molar-refractivity contribution < 1.29 is 0 Å². The molecule has 0 fully saturated rings. The summed E-state index contributed by atoms with van der Waals surface area (Å²) in [5, 5.41) is 10.8. The largest absolute Gasteiger partial charge is 0.198 e. The van der Waals surface area contributed by atoms with Gasteiger partial charge in [-0.15, -0.1) is 0 Å². The van der Waals surface area contributed by atoms with Crippen LogP contribution in [0.1, 0.15) is 55.5 Å². The lowest BCUT2D eigenvalue weighted by atomic mass is 9.86. The summed E-state index contributed by atoms with van der Waals surface area (Å²) in [6.07, 6.45) is 6.12. The molecule has 0 bridgehead atoms. The van der Waals surface area contributed by atoms with Gasteiger partial charge in [-0.05, 0) is 48.3 Å². The zero-order valence-electron chi connectivity index (χ0n) is 12.1. The molecular weight excluding hydrogens is 234 g/mol. The molecule has 102 valence electrons. The van der Waals surface area contributed by atoms with Crippen molar-refractivity contribution in [1.82, 2.24) is 15.4 Å². The Labute approximate surface area is 115 Å². The molecule has 0 aliphatic carbocycles. The molecule has 0 amide bonds. The van der Waals surface area contributed by atoms with Gasteiger partial charge in [-0.25, -0.2) is 0 Å². The molecular formula is C16H23N3. The normalized spacial score (nSPS) is 12.6. The average Bonchev–Trinajstić information content (AvgIpc) is 2.97. The second-order valence-corrected chi connectivity index (χ2v) is 5.01. The summed E-state index contributed by atoms with van der Waals surface area (Å²) in [4.78, 5) is 0. The Balaban J connectivity index is 2.30. The highest BCUT2D eigenvalue weighted by molar-refractivity contribution is 5.35. The van der Waals surface area contributed by atoms with Crippen LogP contribution in [0.4, 0.5) is 0 Å². The maximum atomic E-state index is 4.19. The molecule has 3 heteroatoms. The van der Waals surface area contributed by atoms with E-state index in [1.807, 2.05) is 6.20 Å². The fourth-order valence-corrected chi connectivity index (χ4v) is 2.62. The Bertz CT molecular complexity index is 503. The van der Waals surface area contributed by atoms with Crippen LogP contribution < -0.4 is 0 Å². The van der Waals surface area contributed by atoms with Crippen LogP contribution in [0.5, 0.6) is 0 Å². The van der Waals surface area contributed by atoms with Gasteiger partial charge in [0.25, 0.3) is 0 Å². The quantitative estimate of drug-likeness (QED) is 0.858. The first-order valence-electron chi connectivity index (χ1n) is 7.24. The van der Waals surface area contributed by atoms with Gasteiger partial charge in [0.2, 0.25) is 0 Å². The molecule has 0 spiro atoms. The van der Waals surface area contributed by atoms with E-state index in [-0.39, 0.29) is 0 Å². The lowest BCUT2D eigenvalue weighted by molar-refractivity contribution is 0.640. The van der Waals surface area contributed by atoms with Crippen molar-refractivity contribution in [2.75, 3.05) is 0 Å². The Morgan fingerprint density at radius 3 is 2.58 bits per heavy atom. The summed E-state index contributed by atoms with van der Waals surface area (Å²) < 4.78 is 0.